The zero-order chi connectivity index (χ0) is 12.4. The minimum absolute atomic E-state index is 0.151. The van der Waals surface area contributed by atoms with Crippen LogP contribution in [-0.2, 0) is 0 Å². The van der Waals surface area contributed by atoms with Crippen molar-refractivity contribution in [1.29, 1.82) is 0 Å². The third-order valence-electron chi connectivity index (χ3n) is 2.36. The fourth-order valence-corrected chi connectivity index (χ4v) is 1.76. The second kappa shape index (κ2) is 4.67. The van der Waals surface area contributed by atoms with Gasteiger partial charge in [-0.25, -0.2) is 4.39 Å². The number of hydrogen-bond donors (Lipinski definition) is 1. The highest BCUT2D eigenvalue weighted by Crippen LogP contribution is 2.19. The Morgan fingerprint density at radius 1 is 1.12 bits per heavy atom. The van der Waals surface area contributed by atoms with Crippen molar-refractivity contribution in [3.63, 3.8) is 0 Å². The lowest BCUT2D eigenvalue weighted by atomic mass is 10.0. The Kier molecular flexibility index (Phi) is 3.24. The van der Waals surface area contributed by atoms with Gasteiger partial charge in [-0.05, 0) is 42.5 Å². The molecule has 4 heteroatoms. The summed E-state index contributed by atoms with van der Waals surface area (Å²) in [6.45, 7) is 0. The first kappa shape index (κ1) is 11.8. The van der Waals surface area contributed by atoms with Crippen molar-refractivity contribution in [2.75, 3.05) is 5.73 Å². The number of carbonyl (C=O) groups excluding carboxylic acids is 1. The molecule has 0 atom stereocenters. The molecule has 2 aromatic carbocycles. The lowest BCUT2D eigenvalue weighted by molar-refractivity contribution is 0.103. The fraction of sp³-hybridized carbons (Fsp3) is 0. The van der Waals surface area contributed by atoms with Gasteiger partial charge >= 0.3 is 0 Å². The Morgan fingerprint density at radius 2 is 1.76 bits per heavy atom. The summed E-state index contributed by atoms with van der Waals surface area (Å²) in [5.74, 6) is -0.662. The van der Waals surface area contributed by atoms with E-state index in [2.05, 4.69) is 15.9 Å². The number of anilines is 1. The minimum Gasteiger partial charge on any atom is -0.398 e. The van der Waals surface area contributed by atoms with Crippen molar-refractivity contribution in [1.82, 2.24) is 0 Å². The number of carbonyl (C=O) groups is 1. The zero-order valence-electron chi connectivity index (χ0n) is 8.78. The van der Waals surface area contributed by atoms with Gasteiger partial charge in [-0.2, -0.15) is 0 Å². The molecule has 86 valence electrons. The highest BCUT2D eigenvalue weighted by molar-refractivity contribution is 9.10. The predicted molar refractivity (Wildman–Crippen MR) is 68.4 cm³/mol. The number of ketones is 1. The molecule has 0 aromatic heterocycles. The molecule has 2 N–H and O–H groups in total. The van der Waals surface area contributed by atoms with E-state index in [1.165, 1.54) is 12.1 Å². The van der Waals surface area contributed by atoms with Gasteiger partial charge in [-0.1, -0.05) is 15.9 Å². The molecule has 0 fully saturated rings. The summed E-state index contributed by atoms with van der Waals surface area (Å²) in [6, 6.07) is 10.7. The summed E-state index contributed by atoms with van der Waals surface area (Å²) in [4.78, 5) is 12.1. The van der Waals surface area contributed by atoms with Crippen LogP contribution in [0.25, 0.3) is 0 Å². The number of nitrogen functional groups attached to an aromatic ring is 1. The third-order valence-corrected chi connectivity index (χ3v) is 2.89. The summed E-state index contributed by atoms with van der Waals surface area (Å²) in [5, 5.41) is 0. The molecule has 0 aliphatic carbocycles. The van der Waals surface area contributed by atoms with Crippen LogP contribution in [-0.4, -0.2) is 5.78 Å². The molecule has 2 aromatic rings. The van der Waals surface area contributed by atoms with E-state index in [0.29, 0.717) is 11.1 Å². The van der Waals surface area contributed by atoms with Gasteiger partial charge in [-0.15, -0.1) is 0 Å². The van der Waals surface area contributed by atoms with Gasteiger partial charge in [0.1, 0.15) is 5.82 Å². The van der Waals surface area contributed by atoms with E-state index in [4.69, 9.17) is 5.73 Å². The summed E-state index contributed by atoms with van der Waals surface area (Å²) in [7, 11) is 0. The van der Waals surface area contributed by atoms with Crippen LogP contribution < -0.4 is 5.73 Å². The molecule has 2 rings (SSSR count). The molecule has 0 aliphatic rings. The largest absolute Gasteiger partial charge is 0.398 e. The van der Waals surface area contributed by atoms with Crippen molar-refractivity contribution in [3.8, 4) is 0 Å². The van der Waals surface area contributed by atoms with Gasteiger partial charge in [0.05, 0.1) is 0 Å². The Hall–Kier alpha value is -1.68. The van der Waals surface area contributed by atoms with E-state index < -0.39 is 5.82 Å². The first-order valence-electron chi connectivity index (χ1n) is 4.93. The Balaban J connectivity index is 2.40. The quantitative estimate of drug-likeness (QED) is 0.681. The van der Waals surface area contributed by atoms with Crippen LogP contribution in [0.1, 0.15) is 15.9 Å². The highest BCUT2D eigenvalue weighted by Gasteiger charge is 2.12. The molecule has 0 amide bonds. The van der Waals surface area contributed by atoms with Crippen molar-refractivity contribution in [2.45, 2.75) is 0 Å². The van der Waals surface area contributed by atoms with Crippen molar-refractivity contribution in [2.24, 2.45) is 0 Å². The van der Waals surface area contributed by atoms with Gasteiger partial charge < -0.3 is 5.73 Å². The summed E-state index contributed by atoms with van der Waals surface area (Å²) >= 11 is 3.29. The zero-order valence-corrected chi connectivity index (χ0v) is 10.4. The maximum Gasteiger partial charge on any atom is 0.195 e. The summed E-state index contributed by atoms with van der Waals surface area (Å²) < 4.78 is 13.8. The van der Waals surface area contributed by atoms with Crippen LogP contribution in [0, 0.1) is 5.82 Å². The highest BCUT2D eigenvalue weighted by atomic mass is 79.9. The average Bonchev–Trinajstić information content (AvgIpc) is 2.29. The van der Waals surface area contributed by atoms with Crippen molar-refractivity contribution < 1.29 is 9.18 Å². The van der Waals surface area contributed by atoms with E-state index in [-0.39, 0.29) is 11.5 Å². The van der Waals surface area contributed by atoms with Crippen molar-refractivity contribution >= 4 is 27.4 Å². The topological polar surface area (TPSA) is 43.1 Å². The number of rotatable bonds is 2. The lowest BCUT2D eigenvalue weighted by Gasteiger charge is -2.05. The van der Waals surface area contributed by atoms with Gasteiger partial charge in [-0.3, -0.25) is 4.79 Å². The molecule has 0 saturated carbocycles. The Bertz CT molecular complexity index is 566. The van der Waals surface area contributed by atoms with E-state index in [0.717, 1.165) is 10.5 Å². The SMILES string of the molecule is Nc1cc(F)ccc1C(=O)c1ccc(Br)cc1. The first-order chi connectivity index (χ1) is 8.08. The van der Waals surface area contributed by atoms with E-state index in [1.54, 1.807) is 24.3 Å². The molecule has 0 spiro atoms. The van der Waals surface area contributed by atoms with E-state index in [9.17, 15) is 9.18 Å². The summed E-state index contributed by atoms with van der Waals surface area (Å²) in [6.07, 6.45) is 0. The Labute approximate surface area is 106 Å². The number of hydrogen-bond acceptors (Lipinski definition) is 2. The molecule has 17 heavy (non-hydrogen) atoms. The number of benzene rings is 2. The van der Waals surface area contributed by atoms with Gasteiger partial charge in [0, 0.05) is 21.3 Å². The van der Waals surface area contributed by atoms with Crippen LogP contribution in [0.2, 0.25) is 0 Å². The lowest BCUT2D eigenvalue weighted by Crippen LogP contribution is -2.05. The van der Waals surface area contributed by atoms with Crippen molar-refractivity contribution in [3.05, 3.63) is 63.9 Å². The predicted octanol–water partition coefficient (Wildman–Crippen LogP) is 3.40. The van der Waals surface area contributed by atoms with E-state index >= 15 is 0 Å². The smallest absolute Gasteiger partial charge is 0.195 e. The van der Waals surface area contributed by atoms with Gasteiger partial charge in [0.25, 0.3) is 0 Å². The summed E-state index contributed by atoms with van der Waals surface area (Å²) in [5.41, 5.74) is 6.60. The maximum absolute atomic E-state index is 12.9. The molecular weight excluding hydrogens is 285 g/mol. The van der Waals surface area contributed by atoms with E-state index in [1.807, 2.05) is 0 Å². The normalized spacial score (nSPS) is 10.2. The molecule has 0 unspecified atom stereocenters. The van der Waals surface area contributed by atoms with Crippen LogP contribution in [0.4, 0.5) is 10.1 Å². The molecule has 0 saturated heterocycles. The third kappa shape index (κ3) is 2.53. The Morgan fingerprint density at radius 3 is 2.35 bits per heavy atom. The standard InChI is InChI=1S/C13H9BrFNO/c14-9-3-1-8(2-4-9)13(17)11-6-5-10(15)7-12(11)16/h1-7H,16H2. The van der Waals surface area contributed by atoms with Crippen LogP contribution >= 0.6 is 15.9 Å². The molecule has 0 aliphatic heterocycles. The molecular formula is C13H9BrFNO. The second-order valence-corrected chi connectivity index (χ2v) is 4.48. The fourth-order valence-electron chi connectivity index (χ4n) is 1.50. The average molecular weight is 294 g/mol. The molecule has 0 heterocycles. The minimum atomic E-state index is -0.449. The van der Waals surface area contributed by atoms with Gasteiger partial charge in [0.2, 0.25) is 0 Å². The molecule has 2 nitrogen and oxygen atoms in total. The van der Waals surface area contributed by atoms with Crippen LogP contribution in [0.5, 0.6) is 0 Å². The van der Waals surface area contributed by atoms with Crippen LogP contribution in [0.15, 0.2) is 46.9 Å². The van der Waals surface area contributed by atoms with Gasteiger partial charge in [0.15, 0.2) is 5.78 Å². The number of halogens is 2. The molecule has 0 radical (unpaired) electrons. The monoisotopic (exact) mass is 293 g/mol. The second-order valence-electron chi connectivity index (χ2n) is 3.57. The molecule has 0 bridgehead atoms. The maximum atomic E-state index is 12.9. The number of nitrogens with two attached hydrogens (primary N) is 1. The first-order valence-corrected chi connectivity index (χ1v) is 5.72. The van der Waals surface area contributed by atoms with Crippen LogP contribution in [0.3, 0.4) is 0 Å².